The average Bonchev–Trinajstić information content (AvgIpc) is 3.36. The molecule has 0 amide bonds. The molecule has 1 aliphatic heterocycles. The second-order valence-electron chi connectivity index (χ2n) is 8.62. The minimum atomic E-state index is -4.25. The SMILES string of the molecule is FC(F)(F)c1ccsc1CCCCC1(c2ccccn2)CCOC2(CCCC2)C1. The molecule has 1 aliphatic carbocycles. The molecule has 2 aliphatic rings. The number of pyridine rings is 1. The normalized spacial score (nSPS) is 24.2. The maximum Gasteiger partial charge on any atom is 0.417 e. The number of thiophene rings is 1. The van der Waals surface area contributed by atoms with Gasteiger partial charge < -0.3 is 4.74 Å². The molecule has 158 valence electrons. The Bertz CT molecular complexity index is 798. The van der Waals surface area contributed by atoms with Crippen LogP contribution in [0.4, 0.5) is 13.2 Å². The number of aryl methyl sites for hydroxylation is 1. The smallest absolute Gasteiger partial charge is 0.375 e. The molecule has 4 rings (SSSR count). The zero-order valence-electron chi connectivity index (χ0n) is 16.6. The highest BCUT2D eigenvalue weighted by Gasteiger charge is 2.48. The van der Waals surface area contributed by atoms with Crippen molar-refractivity contribution in [2.24, 2.45) is 0 Å². The van der Waals surface area contributed by atoms with Gasteiger partial charge in [0.05, 0.1) is 11.2 Å². The van der Waals surface area contributed by atoms with E-state index in [0.717, 1.165) is 57.2 Å². The lowest BCUT2D eigenvalue weighted by Gasteiger charge is -2.46. The highest BCUT2D eigenvalue weighted by atomic mass is 32.1. The molecule has 6 heteroatoms. The summed E-state index contributed by atoms with van der Waals surface area (Å²) in [4.78, 5) is 5.16. The van der Waals surface area contributed by atoms with Gasteiger partial charge in [-0.3, -0.25) is 4.98 Å². The number of rotatable bonds is 6. The van der Waals surface area contributed by atoms with E-state index in [0.29, 0.717) is 11.3 Å². The Hall–Kier alpha value is -1.40. The van der Waals surface area contributed by atoms with Crippen LogP contribution in [-0.2, 0) is 22.7 Å². The zero-order valence-corrected chi connectivity index (χ0v) is 17.5. The first-order valence-electron chi connectivity index (χ1n) is 10.6. The van der Waals surface area contributed by atoms with Gasteiger partial charge in [-0.1, -0.05) is 25.3 Å². The molecule has 3 heterocycles. The molecule has 1 unspecified atom stereocenters. The van der Waals surface area contributed by atoms with Gasteiger partial charge in [-0.2, -0.15) is 13.2 Å². The summed E-state index contributed by atoms with van der Waals surface area (Å²) in [6, 6.07) is 7.31. The molecule has 0 N–H and O–H groups in total. The lowest BCUT2D eigenvalue weighted by Crippen LogP contribution is -2.46. The first-order chi connectivity index (χ1) is 13.9. The van der Waals surface area contributed by atoms with Gasteiger partial charge >= 0.3 is 6.18 Å². The van der Waals surface area contributed by atoms with Gasteiger partial charge in [0.15, 0.2) is 0 Å². The van der Waals surface area contributed by atoms with Crippen LogP contribution in [0.3, 0.4) is 0 Å². The summed E-state index contributed by atoms with van der Waals surface area (Å²) in [5.41, 5.74) is 0.624. The summed E-state index contributed by atoms with van der Waals surface area (Å²) in [6.07, 6.45) is 7.34. The lowest BCUT2D eigenvalue weighted by molar-refractivity contribution is -0.137. The Morgan fingerprint density at radius 3 is 2.62 bits per heavy atom. The van der Waals surface area contributed by atoms with Crippen LogP contribution in [0.15, 0.2) is 35.8 Å². The van der Waals surface area contributed by atoms with Crippen molar-refractivity contribution in [2.75, 3.05) is 6.61 Å². The average molecular weight is 424 g/mol. The molecule has 2 fully saturated rings. The van der Waals surface area contributed by atoms with Gasteiger partial charge in [-0.15, -0.1) is 11.3 Å². The predicted molar refractivity (Wildman–Crippen MR) is 109 cm³/mol. The van der Waals surface area contributed by atoms with Crippen molar-refractivity contribution in [2.45, 2.75) is 81.4 Å². The van der Waals surface area contributed by atoms with Crippen LogP contribution in [0.1, 0.15) is 73.9 Å². The van der Waals surface area contributed by atoms with Crippen LogP contribution in [0.2, 0.25) is 0 Å². The fourth-order valence-electron chi connectivity index (χ4n) is 5.33. The molecule has 1 spiro atoms. The number of halogens is 3. The van der Waals surface area contributed by atoms with Gasteiger partial charge in [-0.05, 0) is 68.5 Å². The van der Waals surface area contributed by atoms with Crippen molar-refractivity contribution in [3.05, 3.63) is 52.0 Å². The third-order valence-corrected chi connectivity index (χ3v) is 7.71. The Labute approximate surface area is 174 Å². The number of hydrogen-bond donors (Lipinski definition) is 0. The van der Waals surface area contributed by atoms with Crippen molar-refractivity contribution in [3.63, 3.8) is 0 Å². The number of aromatic nitrogens is 1. The maximum absolute atomic E-state index is 13.1. The summed E-state index contributed by atoms with van der Waals surface area (Å²) in [5, 5.41) is 1.55. The molecule has 2 aromatic heterocycles. The Morgan fingerprint density at radius 1 is 1.07 bits per heavy atom. The van der Waals surface area contributed by atoms with E-state index in [2.05, 4.69) is 6.07 Å². The van der Waals surface area contributed by atoms with E-state index >= 15 is 0 Å². The minimum absolute atomic E-state index is 0.0209. The molecule has 29 heavy (non-hydrogen) atoms. The van der Waals surface area contributed by atoms with E-state index in [9.17, 15) is 13.2 Å². The van der Waals surface area contributed by atoms with E-state index in [1.54, 1.807) is 5.38 Å². The Morgan fingerprint density at radius 2 is 1.90 bits per heavy atom. The molecule has 2 nitrogen and oxygen atoms in total. The van der Waals surface area contributed by atoms with E-state index in [-0.39, 0.29) is 11.0 Å². The van der Waals surface area contributed by atoms with Gasteiger partial charge in [0, 0.05) is 28.8 Å². The van der Waals surface area contributed by atoms with E-state index in [1.165, 1.54) is 30.2 Å². The number of alkyl halides is 3. The molecule has 0 radical (unpaired) electrons. The van der Waals surface area contributed by atoms with Gasteiger partial charge in [-0.25, -0.2) is 0 Å². The van der Waals surface area contributed by atoms with Crippen LogP contribution < -0.4 is 0 Å². The third kappa shape index (κ3) is 4.53. The number of unbranched alkanes of at least 4 members (excludes halogenated alkanes) is 1. The molecule has 0 bridgehead atoms. The molecule has 1 saturated carbocycles. The highest BCUT2D eigenvalue weighted by molar-refractivity contribution is 7.10. The highest BCUT2D eigenvalue weighted by Crippen LogP contribution is 2.50. The fourth-order valence-corrected chi connectivity index (χ4v) is 6.27. The quantitative estimate of drug-likeness (QED) is 0.470. The van der Waals surface area contributed by atoms with Gasteiger partial charge in [0.25, 0.3) is 0 Å². The summed E-state index contributed by atoms with van der Waals surface area (Å²) in [7, 11) is 0. The predicted octanol–water partition coefficient (Wildman–Crippen LogP) is 6.94. The van der Waals surface area contributed by atoms with E-state index in [4.69, 9.17) is 9.72 Å². The Balaban J connectivity index is 1.45. The van der Waals surface area contributed by atoms with Gasteiger partial charge in [0.1, 0.15) is 0 Å². The summed E-state index contributed by atoms with van der Waals surface area (Å²) in [6.45, 7) is 0.750. The molecule has 1 atom stereocenters. The van der Waals surface area contributed by atoms with Crippen LogP contribution in [-0.4, -0.2) is 17.2 Å². The number of nitrogens with zero attached hydrogens (tertiary/aromatic N) is 1. The first kappa shape index (κ1) is 20.9. The molecule has 0 aromatic carbocycles. The van der Waals surface area contributed by atoms with Crippen LogP contribution in [0.25, 0.3) is 0 Å². The summed E-state index contributed by atoms with van der Waals surface area (Å²) in [5.74, 6) is 0. The van der Waals surface area contributed by atoms with Crippen LogP contribution in [0, 0.1) is 0 Å². The van der Waals surface area contributed by atoms with Crippen molar-refractivity contribution >= 4 is 11.3 Å². The van der Waals surface area contributed by atoms with Crippen LogP contribution >= 0.6 is 11.3 Å². The van der Waals surface area contributed by atoms with E-state index < -0.39 is 11.7 Å². The van der Waals surface area contributed by atoms with Crippen molar-refractivity contribution in [3.8, 4) is 0 Å². The van der Waals surface area contributed by atoms with Gasteiger partial charge in [0.2, 0.25) is 0 Å². The minimum Gasteiger partial charge on any atom is -0.375 e. The summed E-state index contributed by atoms with van der Waals surface area (Å²) < 4.78 is 45.6. The second-order valence-corrected chi connectivity index (χ2v) is 9.62. The van der Waals surface area contributed by atoms with Crippen molar-refractivity contribution < 1.29 is 17.9 Å². The zero-order chi connectivity index (χ0) is 20.4. The molecule has 1 saturated heterocycles. The number of hydrogen-bond acceptors (Lipinski definition) is 3. The molecule has 2 aromatic rings. The lowest BCUT2D eigenvalue weighted by atomic mass is 9.67. The monoisotopic (exact) mass is 423 g/mol. The fraction of sp³-hybridized carbons (Fsp3) is 0.609. The van der Waals surface area contributed by atoms with Crippen molar-refractivity contribution in [1.29, 1.82) is 0 Å². The topological polar surface area (TPSA) is 22.1 Å². The third-order valence-electron chi connectivity index (χ3n) is 6.73. The number of ether oxygens (including phenoxy) is 1. The van der Waals surface area contributed by atoms with Crippen molar-refractivity contribution in [1.82, 2.24) is 4.98 Å². The Kier molecular flexibility index (Phi) is 6.03. The molecular weight excluding hydrogens is 395 g/mol. The second kappa shape index (κ2) is 8.38. The van der Waals surface area contributed by atoms with E-state index in [1.807, 2.05) is 18.3 Å². The standard InChI is InChI=1S/C23H28F3NOS/c24-23(25,26)18-9-16-29-19(18)7-1-3-10-21(20-8-2-6-14-27-20)13-15-28-22(17-21)11-4-5-12-22/h2,6,8-9,14,16H,1,3-5,7,10-13,15,17H2. The molecular formula is C23H28F3NOS. The largest absolute Gasteiger partial charge is 0.417 e. The summed E-state index contributed by atoms with van der Waals surface area (Å²) >= 11 is 1.22. The first-order valence-corrected chi connectivity index (χ1v) is 11.5. The maximum atomic E-state index is 13.1. The van der Waals surface area contributed by atoms with Crippen LogP contribution in [0.5, 0.6) is 0 Å².